The number of piperazine rings is 1. The van der Waals surface area contributed by atoms with E-state index in [2.05, 4.69) is 22.4 Å². The van der Waals surface area contributed by atoms with E-state index in [0.29, 0.717) is 0 Å². The Kier molecular flexibility index (Phi) is 4.14. The van der Waals surface area contributed by atoms with Gasteiger partial charge in [-0.1, -0.05) is 12.8 Å². The van der Waals surface area contributed by atoms with Gasteiger partial charge in [-0.3, -0.25) is 9.80 Å². The average Bonchev–Trinajstić information content (AvgIpc) is 2.72. The zero-order valence-electron chi connectivity index (χ0n) is 8.99. The van der Waals surface area contributed by atoms with Crippen molar-refractivity contribution in [3.8, 4) is 0 Å². The number of hydrogen-bond donors (Lipinski definition) is 1. The van der Waals surface area contributed by atoms with Crippen molar-refractivity contribution in [3.05, 3.63) is 0 Å². The van der Waals surface area contributed by atoms with E-state index in [9.17, 15) is 0 Å². The van der Waals surface area contributed by atoms with Crippen LogP contribution in [-0.4, -0.2) is 54.3 Å². The van der Waals surface area contributed by atoms with Gasteiger partial charge in [0.05, 0.1) is 0 Å². The van der Waals surface area contributed by atoms with Crippen molar-refractivity contribution in [3.63, 3.8) is 0 Å². The van der Waals surface area contributed by atoms with Crippen LogP contribution in [0.4, 0.5) is 0 Å². The normalized spacial score (nSPS) is 27.2. The summed E-state index contributed by atoms with van der Waals surface area (Å²) in [5.74, 6) is 1.00. The minimum Gasteiger partial charge on any atom is -0.300 e. The Morgan fingerprint density at radius 3 is 2.21 bits per heavy atom. The van der Waals surface area contributed by atoms with Crippen LogP contribution in [0, 0.1) is 0 Å². The van der Waals surface area contributed by atoms with E-state index in [4.69, 9.17) is 0 Å². The largest absolute Gasteiger partial charge is 0.300 e. The van der Waals surface area contributed by atoms with Crippen molar-refractivity contribution in [1.29, 1.82) is 0 Å². The summed E-state index contributed by atoms with van der Waals surface area (Å²) in [6.45, 7) is 6.27. The lowest BCUT2D eigenvalue weighted by molar-refractivity contribution is 0.102. The molecule has 0 aromatic carbocycles. The molecule has 2 aliphatic rings. The highest BCUT2D eigenvalue weighted by Gasteiger charge is 2.25. The summed E-state index contributed by atoms with van der Waals surface area (Å²) in [7, 11) is 0. The Morgan fingerprint density at radius 2 is 1.64 bits per heavy atom. The molecule has 0 amide bonds. The van der Waals surface area contributed by atoms with Gasteiger partial charge in [-0.05, 0) is 12.8 Å². The van der Waals surface area contributed by atoms with E-state index in [-0.39, 0.29) is 0 Å². The van der Waals surface area contributed by atoms with Gasteiger partial charge in [-0.2, -0.15) is 12.6 Å². The van der Waals surface area contributed by atoms with E-state index < -0.39 is 0 Å². The quantitative estimate of drug-likeness (QED) is 0.711. The molecule has 0 spiro atoms. The van der Waals surface area contributed by atoms with Gasteiger partial charge in [-0.25, -0.2) is 0 Å². The van der Waals surface area contributed by atoms with Crippen LogP contribution < -0.4 is 0 Å². The maximum Gasteiger partial charge on any atom is 0.0113 e. The first-order chi connectivity index (χ1) is 6.90. The second-order valence-corrected chi connectivity index (χ2v) is 4.99. The molecule has 82 valence electrons. The molecule has 0 atom stereocenters. The molecule has 1 aliphatic heterocycles. The molecule has 1 saturated heterocycles. The van der Waals surface area contributed by atoms with E-state index in [1.807, 2.05) is 0 Å². The third-order valence-electron chi connectivity index (χ3n) is 3.66. The van der Waals surface area contributed by atoms with Crippen LogP contribution in [0.2, 0.25) is 0 Å². The fraction of sp³-hybridized carbons (Fsp3) is 1.00. The lowest BCUT2D eigenvalue weighted by Crippen LogP contribution is -2.49. The summed E-state index contributed by atoms with van der Waals surface area (Å²) in [5, 5.41) is 0. The lowest BCUT2D eigenvalue weighted by Gasteiger charge is -2.37. The standard InChI is InChI=1S/C11H22N2S/c14-10-9-12-5-7-13(8-6-12)11-3-1-2-4-11/h11,14H,1-10H2. The van der Waals surface area contributed by atoms with Crippen LogP contribution in [0.25, 0.3) is 0 Å². The first-order valence-corrected chi connectivity index (χ1v) is 6.60. The summed E-state index contributed by atoms with van der Waals surface area (Å²) >= 11 is 4.29. The topological polar surface area (TPSA) is 6.48 Å². The second-order valence-electron chi connectivity index (χ2n) is 4.54. The molecular weight excluding hydrogens is 192 g/mol. The molecule has 0 aromatic heterocycles. The first kappa shape index (κ1) is 10.8. The highest BCUT2D eigenvalue weighted by atomic mass is 32.1. The van der Waals surface area contributed by atoms with Gasteiger partial charge in [-0.15, -0.1) is 0 Å². The zero-order chi connectivity index (χ0) is 9.80. The Labute approximate surface area is 93.1 Å². The number of rotatable bonds is 3. The number of hydrogen-bond acceptors (Lipinski definition) is 3. The summed E-state index contributed by atoms with van der Waals surface area (Å²) < 4.78 is 0. The van der Waals surface area contributed by atoms with E-state index in [0.717, 1.165) is 11.8 Å². The fourth-order valence-corrected chi connectivity index (χ4v) is 3.05. The second kappa shape index (κ2) is 5.38. The van der Waals surface area contributed by atoms with Crippen molar-refractivity contribution in [1.82, 2.24) is 9.80 Å². The van der Waals surface area contributed by atoms with Gasteiger partial charge in [0.15, 0.2) is 0 Å². The van der Waals surface area contributed by atoms with Crippen LogP contribution in [0.5, 0.6) is 0 Å². The van der Waals surface area contributed by atoms with Crippen LogP contribution >= 0.6 is 12.6 Å². The number of thiol groups is 1. The van der Waals surface area contributed by atoms with Gasteiger partial charge in [0.1, 0.15) is 0 Å². The van der Waals surface area contributed by atoms with E-state index in [1.165, 1.54) is 58.4 Å². The van der Waals surface area contributed by atoms with E-state index >= 15 is 0 Å². The van der Waals surface area contributed by atoms with Crippen molar-refractivity contribution < 1.29 is 0 Å². The molecule has 2 rings (SSSR count). The third-order valence-corrected chi connectivity index (χ3v) is 3.86. The Hall–Kier alpha value is 0.270. The molecule has 0 unspecified atom stereocenters. The van der Waals surface area contributed by atoms with Crippen LogP contribution in [0.15, 0.2) is 0 Å². The molecule has 14 heavy (non-hydrogen) atoms. The monoisotopic (exact) mass is 214 g/mol. The van der Waals surface area contributed by atoms with Gasteiger partial charge in [0.25, 0.3) is 0 Å². The molecule has 1 saturated carbocycles. The predicted molar refractivity (Wildman–Crippen MR) is 64.1 cm³/mol. The molecule has 0 aromatic rings. The van der Waals surface area contributed by atoms with Gasteiger partial charge in [0.2, 0.25) is 0 Å². The number of nitrogens with zero attached hydrogens (tertiary/aromatic N) is 2. The molecule has 2 nitrogen and oxygen atoms in total. The van der Waals surface area contributed by atoms with Gasteiger partial charge in [0, 0.05) is 44.5 Å². The van der Waals surface area contributed by atoms with Crippen molar-refractivity contribution >= 4 is 12.6 Å². The minimum absolute atomic E-state index is 0.924. The molecule has 1 aliphatic carbocycles. The fourth-order valence-electron chi connectivity index (χ4n) is 2.76. The minimum atomic E-state index is 0.924. The molecule has 0 N–H and O–H groups in total. The average molecular weight is 214 g/mol. The van der Waals surface area contributed by atoms with Crippen molar-refractivity contribution in [2.24, 2.45) is 0 Å². The maximum atomic E-state index is 4.29. The molecule has 1 heterocycles. The van der Waals surface area contributed by atoms with Gasteiger partial charge >= 0.3 is 0 Å². The van der Waals surface area contributed by atoms with Crippen molar-refractivity contribution in [2.75, 3.05) is 38.5 Å². The summed E-state index contributed by atoms with van der Waals surface area (Å²) in [6.07, 6.45) is 5.82. The first-order valence-electron chi connectivity index (χ1n) is 5.97. The molecular formula is C11H22N2S. The maximum absolute atomic E-state index is 4.29. The van der Waals surface area contributed by atoms with Crippen LogP contribution in [0.3, 0.4) is 0 Å². The molecule has 2 fully saturated rings. The van der Waals surface area contributed by atoms with Crippen molar-refractivity contribution in [2.45, 2.75) is 31.7 Å². The third kappa shape index (κ3) is 2.65. The summed E-state index contributed by atoms with van der Waals surface area (Å²) in [6, 6.07) is 0.924. The van der Waals surface area contributed by atoms with E-state index in [1.54, 1.807) is 0 Å². The summed E-state index contributed by atoms with van der Waals surface area (Å²) in [4.78, 5) is 5.25. The lowest BCUT2D eigenvalue weighted by atomic mass is 10.2. The summed E-state index contributed by atoms with van der Waals surface area (Å²) in [5.41, 5.74) is 0. The Morgan fingerprint density at radius 1 is 1.00 bits per heavy atom. The molecule has 0 bridgehead atoms. The predicted octanol–water partition coefficient (Wildman–Crippen LogP) is 1.48. The smallest absolute Gasteiger partial charge is 0.0113 e. The van der Waals surface area contributed by atoms with Crippen LogP contribution in [-0.2, 0) is 0 Å². The highest BCUT2D eigenvalue weighted by molar-refractivity contribution is 7.80. The Balaban J connectivity index is 1.72. The highest BCUT2D eigenvalue weighted by Crippen LogP contribution is 2.24. The van der Waals surface area contributed by atoms with Gasteiger partial charge < -0.3 is 0 Å². The molecule has 0 radical (unpaired) electrons. The zero-order valence-corrected chi connectivity index (χ0v) is 9.88. The SMILES string of the molecule is SCCN1CCN(C2CCCC2)CC1. The molecule has 3 heteroatoms. The van der Waals surface area contributed by atoms with Crippen LogP contribution in [0.1, 0.15) is 25.7 Å². The Bertz CT molecular complexity index is 161.